The molecule has 0 spiro atoms. The van der Waals surface area contributed by atoms with Crippen molar-refractivity contribution in [1.82, 2.24) is 0 Å². The maximum Gasteiger partial charge on any atom is 0.647 e. The quantitative estimate of drug-likeness (QED) is 0.161. The summed E-state index contributed by atoms with van der Waals surface area (Å²) in [7, 11) is -5.97. The molecular weight excluding hydrogens is 501 g/mol. The molecule has 0 aliphatic heterocycles. The van der Waals surface area contributed by atoms with Crippen LogP contribution >= 0.6 is 7.82 Å². The molecule has 0 radical (unpaired) electrons. The molecule has 176 valence electrons. The van der Waals surface area contributed by atoms with Gasteiger partial charge in [-0.25, -0.2) is 26.3 Å². The Kier molecular flexibility index (Phi) is 6.50. The smallest absolute Gasteiger partial charge is 0.386 e. The first-order valence-electron chi connectivity index (χ1n) is 8.14. The van der Waals surface area contributed by atoms with E-state index in [2.05, 4.69) is 13.6 Å². The minimum atomic E-state index is -5.97. The van der Waals surface area contributed by atoms with E-state index in [1.54, 1.807) is 0 Å². The topological polar surface area (TPSA) is 44.8 Å². The Morgan fingerprint density at radius 3 is 1.09 bits per heavy atom. The van der Waals surface area contributed by atoms with Crippen molar-refractivity contribution >= 4 is 7.82 Å². The molecule has 0 unspecified atom stereocenters. The summed E-state index contributed by atoms with van der Waals surface area (Å²) >= 11 is 0. The lowest BCUT2D eigenvalue weighted by Gasteiger charge is -2.21. The van der Waals surface area contributed by atoms with Gasteiger partial charge in [0.15, 0.2) is 0 Å². The second kappa shape index (κ2) is 8.85. The standard InChI is InChI=1S/C18H5F10O4P/c19-7-9(21)13(25)17(14(26)10(7)22)31-33(29,30-6-4-2-1-3-5-6)32-18-15(27)11(23)8(20)12(24)16(18)28/h1-5H. The predicted octanol–water partition coefficient (Wildman–Crippen LogP) is 6.72. The molecule has 3 rings (SSSR count). The summed E-state index contributed by atoms with van der Waals surface area (Å²) in [6, 6.07) is 5.65. The van der Waals surface area contributed by atoms with Gasteiger partial charge in [-0.3, -0.25) is 0 Å². The average Bonchev–Trinajstić information content (AvgIpc) is 2.80. The monoisotopic (exact) mass is 506 g/mol. The Hall–Kier alpha value is -3.41. The minimum Gasteiger partial charge on any atom is -0.386 e. The van der Waals surface area contributed by atoms with E-state index in [1.807, 2.05) is 0 Å². The Morgan fingerprint density at radius 1 is 0.455 bits per heavy atom. The largest absolute Gasteiger partial charge is 0.647 e. The zero-order valence-electron chi connectivity index (χ0n) is 15.2. The van der Waals surface area contributed by atoms with Crippen LogP contribution in [0.25, 0.3) is 0 Å². The van der Waals surface area contributed by atoms with Crippen molar-refractivity contribution in [2.24, 2.45) is 0 Å². The van der Waals surface area contributed by atoms with Crippen LogP contribution in [0.15, 0.2) is 30.3 Å². The molecule has 0 aromatic heterocycles. The van der Waals surface area contributed by atoms with Crippen LogP contribution in [0, 0.1) is 58.2 Å². The lowest BCUT2D eigenvalue weighted by Crippen LogP contribution is -2.14. The molecule has 0 N–H and O–H groups in total. The molecule has 33 heavy (non-hydrogen) atoms. The fraction of sp³-hybridized carbons (Fsp3) is 0. The number of rotatable bonds is 6. The van der Waals surface area contributed by atoms with E-state index in [1.165, 1.54) is 18.2 Å². The third kappa shape index (κ3) is 4.42. The fourth-order valence-electron chi connectivity index (χ4n) is 2.22. The van der Waals surface area contributed by atoms with Crippen LogP contribution < -0.4 is 13.6 Å². The Balaban J connectivity index is 2.18. The van der Waals surface area contributed by atoms with Crippen LogP contribution in [0.1, 0.15) is 0 Å². The minimum absolute atomic E-state index is 0.589. The van der Waals surface area contributed by atoms with Crippen LogP contribution in [0.5, 0.6) is 17.2 Å². The second-order valence-electron chi connectivity index (χ2n) is 5.83. The van der Waals surface area contributed by atoms with E-state index in [0.29, 0.717) is 0 Å². The molecule has 4 nitrogen and oxygen atoms in total. The SMILES string of the molecule is O=P(Oc1ccccc1)(Oc1c(F)c(F)c(F)c(F)c1F)Oc1c(F)c(F)c(F)c(F)c1F. The summed E-state index contributed by atoms with van der Waals surface area (Å²) in [4.78, 5) is 0. The molecule has 0 amide bonds. The molecule has 0 aliphatic rings. The van der Waals surface area contributed by atoms with Crippen molar-refractivity contribution in [1.29, 1.82) is 0 Å². The predicted molar refractivity (Wildman–Crippen MR) is 88.4 cm³/mol. The van der Waals surface area contributed by atoms with Crippen LogP contribution in [0.4, 0.5) is 43.9 Å². The van der Waals surface area contributed by atoms with E-state index in [0.717, 1.165) is 12.1 Å². The maximum atomic E-state index is 14.0. The van der Waals surface area contributed by atoms with Gasteiger partial charge in [-0.1, -0.05) is 18.2 Å². The summed E-state index contributed by atoms with van der Waals surface area (Å²) < 4.78 is 162. The first-order valence-corrected chi connectivity index (χ1v) is 9.60. The summed E-state index contributed by atoms with van der Waals surface area (Å²) in [6.45, 7) is 0. The van der Waals surface area contributed by atoms with Crippen molar-refractivity contribution in [3.63, 3.8) is 0 Å². The maximum absolute atomic E-state index is 14.0. The van der Waals surface area contributed by atoms with Gasteiger partial charge in [0.1, 0.15) is 5.75 Å². The van der Waals surface area contributed by atoms with Crippen LogP contribution in [-0.2, 0) is 4.57 Å². The molecule has 0 saturated carbocycles. The van der Waals surface area contributed by atoms with Gasteiger partial charge in [0.25, 0.3) is 0 Å². The van der Waals surface area contributed by atoms with E-state index >= 15 is 0 Å². The number of phosphoric acid groups is 1. The lowest BCUT2D eigenvalue weighted by molar-refractivity contribution is 0.260. The van der Waals surface area contributed by atoms with Crippen molar-refractivity contribution < 1.29 is 62.0 Å². The molecular formula is C18H5F10O4P. The van der Waals surface area contributed by atoms with Gasteiger partial charge in [0.2, 0.25) is 69.7 Å². The molecule has 3 aromatic rings. The fourth-order valence-corrected chi connectivity index (χ4v) is 3.48. The summed E-state index contributed by atoms with van der Waals surface area (Å²) in [5.41, 5.74) is 0. The molecule has 0 aliphatic carbocycles. The van der Waals surface area contributed by atoms with Gasteiger partial charge in [-0.05, 0) is 12.1 Å². The molecule has 3 aromatic carbocycles. The highest BCUT2D eigenvalue weighted by Crippen LogP contribution is 2.52. The third-order valence-electron chi connectivity index (χ3n) is 3.71. The number of benzene rings is 3. The Morgan fingerprint density at radius 2 is 0.758 bits per heavy atom. The third-order valence-corrected chi connectivity index (χ3v) is 4.95. The summed E-state index contributed by atoms with van der Waals surface area (Å²) in [5.74, 6) is -31.6. The van der Waals surface area contributed by atoms with Crippen molar-refractivity contribution in [2.45, 2.75) is 0 Å². The van der Waals surface area contributed by atoms with E-state index in [9.17, 15) is 48.5 Å². The molecule has 0 bridgehead atoms. The average molecular weight is 506 g/mol. The van der Waals surface area contributed by atoms with Crippen LogP contribution in [0.2, 0.25) is 0 Å². The van der Waals surface area contributed by atoms with Crippen molar-refractivity contribution in [2.75, 3.05) is 0 Å². The summed E-state index contributed by atoms with van der Waals surface area (Å²) in [5, 5.41) is 0. The number of phosphoric ester groups is 1. The van der Waals surface area contributed by atoms with Crippen molar-refractivity contribution in [3.8, 4) is 17.2 Å². The normalized spacial score (nSPS) is 11.5. The first-order chi connectivity index (χ1) is 15.4. The Labute approximate surface area is 176 Å². The van der Waals surface area contributed by atoms with Gasteiger partial charge in [-0.2, -0.15) is 22.1 Å². The highest BCUT2D eigenvalue weighted by molar-refractivity contribution is 7.49. The second-order valence-corrected chi connectivity index (χ2v) is 7.27. The van der Waals surface area contributed by atoms with E-state index < -0.39 is 83.2 Å². The van der Waals surface area contributed by atoms with Crippen LogP contribution in [0.3, 0.4) is 0 Å². The molecule has 0 saturated heterocycles. The van der Waals surface area contributed by atoms with Gasteiger partial charge >= 0.3 is 7.82 Å². The first kappa shape index (κ1) is 24.2. The zero-order chi connectivity index (χ0) is 24.7. The molecule has 0 heterocycles. The van der Waals surface area contributed by atoms with E-state index in [-0.39, 0.29) is 0 Å². The number of hydrogen-bond acceptors (Lipinski definition) is 4. The number of para-hydroxylation sites is 1. The number of halogens is 10. The van der Waals surface area contributed by atoms with Crippen LogP contribution in [-0.4, -0.2) is 0 Å². The van der Waals surface area contributed by atoms with Crippen molar-refractivity contribution in [3.05, 3.63) is 88.5 Å². The van der Waals surface area contributed by atoms with E-state index in [4.69, 9.17) is 0 Å². The number of hydrogen-bond donors (Lipinski definition) is 0. The molecule has 0 fully saturated rings. The summed E-state index contributed by atoms with van der Waals surface area (Å²) in [6.07, 6.45) is 0. The highest BCUT2D eigenvalue weighted by atomic mass is 31.2. The highest BCUT2D eigenvalue weighted by Gasteiger charge is 2.41. The van der Waals surface area contributed by atoms with Gasteiger partial charge in [-0.15, -0.1) is 0 Å². The zero-order valence-corrected chi connectivity index (χ0v) is 16.1. The van der Waals surface area contributed by atoms with Gasteiger partial charge < -0.3 is 13.6 Å². The van der Waals surface area contributed by atoms with Gasteiger partial charge in [0.05, 0.1) is 0 Å². The van der Waals surface area contributed by atoms with Gasteiger partial charge in [0, 0.05) is 0 Å². The molecule has 15 heteroatoms. The Bertz CT molecular complexity index is 1150. The lowest BCUT2D eigenvalue weighted by atomic mass is 10.3. The molecule has 0 atom stereocenters.